The topological polar surface area (TPSA) is 67.4 Å². The van der Waals surface area contributed by atoms with Gasteiger partial charge in [-0.15, -0.1) is 0 Å². The zero-order valence-electron chi connectivity index (χ0n) is 10.2. The van der Waals surface area contributed by atoms with Gasteiger partial charge in [0.2, 0.25) is 5.91 Å². The predicted molar refractivity (Wildman–Crippen MR) is 67.3 cm³/mol. The monoisotopic (exact) mass is 248 g/mol. The van der Waals surface area contributed by atoms with Crippen LogP contribution in [0.5, 0.6) is 0 Å². The Bertz CT molecular complexity index is 459. The lowest BCUT2D eigenvalue weighted by atomic mass is 10.0. The minimum atomic E-state index is -0.412. The minimum Gasteiger partial charge on any atom is -0.465 e. The molecule has 18 heavy (non-hydrogen) atoms. The van der Waals surface area contributed by atoms with E-state index in [1.165, 1.54) is 0 Å². The molecule has 2 rings (SSSR count). The third-order valence-electron chi connectivity index (χ3n) is 2.86. The summed E-state index contributed by atoms with van der Waals surface area (Å²) in [5.74, 6) is -0.804. The highest BCUT2D eigenvalue weighted by Crippen LogP contribution is 2.30. The molecule has 1 aliphatic heterocycles. The smallest absolute Gasteiger partial charge is 0.325 e. The number of benzene rings is 1. The second-order valence-electron chi connectivity index (χ2n) is 4.04. The van der Waals surface area contributed by atoms with E-state index in [1.807, 2.05) is 24.3 Å². The van der Waals surface area contributed by atoms with Gasteiger partial charge in [-0.3, -0.25) is 9.59 Å². The number of fused-ring (bicyclic) bond motifs is 1. The van der Waals surface area contributed by atoms with Crippen LogP contribution < -0.4 is 10.6 Å². The number of carbonyl (C=O) groups is 2. The molecule has 0 bridgehead atoms. The molecule has 0 aliphatic carbocycles. The van der Waals surface area contributed by atoms with Gasteiger partial charge in [0.05, 0.1) is 12.5 Å². The van der Waals surface area contributed by atoms with Gasteiger partial charge in [-0.2, -0.15) is 0 Å². The zero-order chi connectivity index (χ0) is 13.0. The van der Waals surface area contributed by atoms with Crippen molar-refractivity contribution in [3.8, 4) is 0 Å². The molecule has 1 aromatic carbocycles. The molecule has 1 aromatic rings. The highest BCUT2D eigenvalue weighted by molar-refractivity contribution is 5.90. The summed E-state index contributed by atoms with van der Waals surface area (Å²) < 4.78 is 4.76. The Hall–Kier alpha value is -2.04. The number of rotatable bonds is 4. The van der Waals surface area contributed by atoms with Crippen molar-refractivity contribution in [1.82, 2.24) is 5.32 Å². The fourth-order valence-electron chi connectivity index (χ4n) is 2.01. The number of carbonyl (C=O) groups excluding carboxylic acids is 2. The standard InChI is InChI=1S/C13H16N2O3/c1-2-18-12(16)8-15-13(17)10-7-14-11-6-4-3-5-9(10)11/h3-6,10,14H,2,7-8H2,1H3,(H,15,17). The Balaban J connectivity index is 1.93. The highest BCUT2D eigenvalue weighted by atomic mass is 16.5. The lowest BCUT2D eigenvalue weighted by Crippen LogP contribution is -2.35. The van der Waals surface area contributed by atoms with E-state index in [9.17, 15) is 9.59 Å². The SMILES string of the molecule is CCOC(=O)CNC(=O)C1CNc2ccccc21. The summed E-state index contributed by atoms with van der Waals surface area (Å²) in [7, 11) is 0. The van der Waals surface area contributed by atoms with Crippen LogP contribution >= 0.6 is 0 Å². The lowest BCUT2D eigenvalue weighted by molar-refractivity contribution is -0.143. The third kappa shape index (κ3) is 2.61. The van der Waals surface area contributed by atoms with Crippen LogP contribution in [0.3, 0.4) is 0 Å². The van der Waals surface area contributed by atoms with Crippen LogP contribution in [0, 0.1) is 0 Å². The molecule has 2 N–H and O–H groups in total. The Morgan fingerprint density at radius 1 is 1.44 bits per heavy atom. The van der Waals surface area contributed by atoms with Crippen molar-refractivity contribution in [2.45, 2.75) is 12.8 Å². The second kappa shape index (κ2) is 5.53. The highest BCUT2D eigenvalue weighted by Gasteiger charge is 2.28. The molecule has 1 heterocycles. The van der Waals surface area contributed by atoms with E-state index in [4.69, 9.17) is 4.74 Å². The molecule has 5 nitrogen and oxygen atoms in total. The Morgan fingerprint density at radius 2 is 2.22 bits per heavy atom. The first-order valence-electron chi connectivity index (χ1n) is 5.98. The average molecular weight is 248 g/mol. The summed E-state index contributed by atoms with van der Waals surface area (Å²) >= 11 is 0. The Labute approximate surface area is 106 Å². The zero-order valence-corrected chi connectivity index (χ0v) is 10.2. The second-order valence-corrected chi connectivity index (χ2v) is 4.04. The molecule has 1 aliphatic rings. The maximum Gasteiger partial charge on any atom is 0.325 e. The molecule has 1 unspecified atom stereocenters. The Kier molecular flexibility index (Phi) is 3.82. The fourth-order valence-corrected chi connectivity index (χ4v) is 2.01. The Morgan fingerprint density at radius 3 is 3.00 bits per heavy atom. The molecule has 0 saturated heterocycles. The average Bonchev–Trinajstić information content (AvgIpc) is 2.80. The lowest BCUT2D eigenvalue weighted by Gasteiger charge is -2.10. The summed E-state index contributed by atoms with van der Waals surface area (Å²) in [4.78, 5) is 23.1. The molecule has 0 radical (unpaired) electrons. The van der Waals surface area contributed by atoms with Gasteiger partial charge < -0.3 is 15.4 Å². The van der Waals surface area contributed by atoms with Crippen LogP contribution in [-0.4, -0.2) is 31.6 Å². The van der Waals surface area contributed by atoms with E-state index < -0.39 is 5.97 Å². The number of para-hydroxylation sites is 1. The molecule has 1 amide bonds. The van der Waals surface area contributed by atoms with Crippen molar-refractivity contribution in [3.05, 3.63) is 29.8 Å². The van der Waals surface area contributed by atoms with Crippen molar-refractivity contribution >= 4 is 17.6 Å². The van der Waals surface area contributed by atoms with Gasteiger partial charge in [-0.25, -0.2) is 0 Å². The van der Waals surface area contributed by atoms with Crippen molar-refractivity contribution < 1.29 is 14.3 Å². The number of nitrogens with one attached hydrogen (secondary N) is 2. The van der Waals surface area contributed by atoms with Crippen molar-refractivity contribution in [3.63, 3.8) is 0 Å². The summed E-state index contributed by atoms with van der Waals surface area (Å²) in [6.07, 6.45) is 0. The van der Waals surface area contributed by atoms with Gasteiger partial charge in [0, 0.05) is 12.2 Å². The van der Waals surface area contributed by atoms with E-state index in [2.05, 4.69) is 10.6 Å². The molecule has 0 aromatic heterocycles. The quantitative estimate of drug-likeness (QED) is 0.776. The summed E-state index contributed by atoms with van der Waals surface area (Å²) in [5, 5.41) is 5.76. The van der Waals surface area contributed by atoms with Gasteiger partial charge in [-0.05, 0) is 18.6 Å². The first kappa shape index (κ1) is 12.4. The van der Waals surface area contributed by atoms with Gasteiger partial charge in [0.25, 0.3) is 0 Å². The number of esters is 1. The molecule has 5 heteroatoms. The molecular formula is C13H16N2O3. The number of ether oxygens (including phenoxy) is 1. The van der Waals surface area contributed by atoms with Gasteiger partial charge >= 0.3 is 5.97 Å². The van der Waals surface area contributed by atoms with E-state index in [0.717, 1.165) is 11.3 Å². The van der Waals surface area contributed by atoms with Crippen LogP contribution in [0.1, 0.15) is 18.4 Å². The number of amides is 1. The molecule has 0 saturated carbocycles. The van der Waals surface area contributed by atoms with Crippen LogP contribution in [0.15, 0.2) is 24.3 Å². The fraction of sp³-hybridized carbons (Fsp3) is 0.385. The van der Waals surface area contributed by atoms with Crippen molar-refractivity contribution in [1.29, 1.82) is 0 Å². The molecule has 96 valence electrons. The van der Waals surface area contributed by atoms with Gasteiger partial charge in [-0.1, -0.05) is 18.2 Å². The normalized spacial score (nSPS) is 16.6. The van der Waals surface area contributed by atoms with Gasteiger partial charge in [0.15, 0.2) is 0 Å². The van der Waals surface area contributed by atoms with E-state index in [-0.39, 0.29) is 18.4 Å². The first-order chi connectivity index (χ1) is 8.72. The first-order valence-corrected chi connectivity index (χ1v) is 5.98. The molecule has 0 fully saturated rings. The third-order valence-corrected chi connectivity index (χ3v) is 2.86. The number of anilines is 1. The van der Waals surface area contributed by atoms with Crippen LogP contribution in [0.4, 0.5) is 5.69 Å². The predicted octanol–water partition coefficient (Wildman–Crippen LogP) is 0.875. The van der Waals surface area contributed by atoms with E-state index >= 15 is 0 Å². The molecule has 0 spiro atoms. The summed E-state index contributed by atoms with van der Waals surface area (Å²) in [6.45, 7) is 2.54. The summed E-state index contributed by atoms with van der Waals surface area (Å²) in [6, 6.07) is 7.68. The summed E-state index contributed by atoms with van der Waals surface area (Å²) in [5.41, 5.74) is 1.95. The largest absolute Gasteiger partial charge is 0.465 e. The number of hydrogen-bond donors (Lipinski definition) is 2. The van der Waals surface area contributed by atoms with Crippen LogP contribution in [-0.2, 0) is 14.3 Å². The number of hydrogen-bond acceptors (Lipinski definition) is 4. The van der Waals surface area contributed by atoms with Gasteiger partial charge in [0.1, 0.15) is 6.54 Å². The van der Waals surface area contributed by atoms with Crippen molar-refractivity contribution in [2.75, 3.05) is 25.0 Å². The maximum absolute atomic E-state index is 12.0. The maximum atomic E-state index is 12.0. The molecular weight excluding hydrogens is 232 g/mol. The van der Waals surface area contributed by atoms with Crippen molar-refractivity contribution in [2.24, 2.45) is 0 Å². The molecule has 1 atom stereocenters. The van der Waals surface area contributed by atoms with Crippen LogP contribution in [0.2, 0.25) is 0 Å². The van der Waals surface area contributed by atoms with Crippen LogP contribution in [0.25, 0.3) is 0 Å². The van der Waals surface area contributed by atoms with E-state index in [0.29, 0.717) is 13.2 Å². The minimum absolute atomic E-state index is 0.0780. The van der Waals surface area contributed by atoms with E-state index in [1.54, 1.807) is 6.92 Å².